The van der Waals surface area contributed by atoms with Gasteiger partial charge in [0.2, 0.25) is 11.8 Å². The number of halogens is 1. The summed E-state index contributed by atoms with van der Waals surface area (Å²) in [7, 11) is 0. The van der Waals surface area contributed by atoms with Crippen LogP contribution >= 0.6 is 11.8 Å². The Bertz CT molecular complexity index is 560. The van der Waals surface area contributed by atoms with Crippen LogP contribution in [0.15, 0.2) is 18.3 Å². The normalized spacial score (nSPS) is 22.0. The zero-order chi connectivity index (χ0) is 15.5. The standard InChI is InChI=1S/C15H18FN3O2S/c16-11-5-6-13(17-7-11)18-14(20)12-8-22-9-19(12)15(21)10-3-1-2-4-10/h5-7,10,12H,1-4,8-9H2,(H,17,18,20)/t12-/m0/s1. The number of pyridine rings is 1. The van der Waals surface area contributed by atoms with E-state index in [0.717, 1.165) is 31.9 Å². The van der Waals surface area contributed by atoms with Crippen molar-refractivity contribution in [1.82, 2.24) is 9.88 Å². The Kier molecular flexibility index (Phi) is 4.61. The molecule has 5 nitrogen and oxygen atoms in total. The van der Waals surface area contributed by atoms with E-state index in [1.54, 1.807) is 16.7 Å². The molecule has 2 aliphatic rings. The highest BCUT2D eigenvalue weighted by Gasteiger charge is 2.38. The minimum atomic E-state index is -0.468. The summed E-state index contributed by atoms with van der Waals surface area (Å²) in [6.45, 7) is 0. The SMILES string of the molecule is O=C(Nc1ccc(F)cn1)[C@@H]1CSCN1C(=O)C1CCCC1. The zero-order valence-corrected chi connectivity index (χ0v) is 12.9. The van der Waals surface area contributed by atoms with Gasteiger partial charge >= 0.3 is 0 Å². The van der Waals surface area contributed by atoms with E-state index in [2.05, 4.69) is 10.3 Å². The first-order chi connectivity index (χ1) is 10.6. The molecule has 3 rings (SSSR count). The predicted octanol–water partition coefficient (Wildman–Crippen LogP) is 2.25. The number of carbonyl (C=O) groups is 2. The molecule has 0 spiro atoms. The van der Waals surface area contributed by atoms with Crippen molar-refractivity contribution in [3.8, 4) is 0 Å². The summed E-state index contributed by atoms with van der Waals surface area (Å²) < 4.78 is 12.8. The summed E-state index contributed by atoms with van der Waals surface area (Å²) in [6.07, 6.45) is 5.09. The third-order valence-electron chi connectivity index (χ3n) is 4.15. The molecule has 1 aliphatic heterocycles. The first kappa shape index (κ1) is 15.3. The van der Waals surface area contributed by atoms with Gasteiger partial charge in [-0.15, -0.1) is 11.8 Å². The molecule has 2 amide bonds. The van der Waals surface area contributed by atoms with Crippen LogP contribution in [0, 0.1) is 11.7 Å². The number of anilines is 1. The molecular weight excluding hydrogens is 305 g/mol. The molecule has 0 radical (unpaired) electrons. The lowest BCUT2D eigenvalue weighted by molar-refractivity contribution is -0.139. The largest absolute Gasteiger partial charge is 0.320 e. The van der Waals surface area contributed by atoms with Crippen molar-refractivity contribution < 1.29 is 14.0 Å². The van der Waals surface area contributed by atoms with Gasteiger partial charge in [-0.25, -0.2) is 9.37 Å². The lowest BCUT2D eigenvalue weighted by Crippen LogP contribution is -2.46. The van der Waals surface area contributed by atoms with Crippen molar-refractivity contribution in [1.29, 1.82) is 0 Å². The van der Waals surface area contributed by atoms with Crippen LogP contribution < -0.4 is 5.32 Å². The quantitative estimate of drug-likeness (QED) is 0.927. The summed E-state index contributed by atoms with van der Waals surface area (Å²) in [6, 6.07) is 2.19. The maximum atomic E-state index is 12.8. The van der Waals surface area contributed by atoms with E-state index in [4.69, 9.17) is 0 Å². The van der Waals surface area contributed by atoms with Crippen LogP contribution in [-0.4, -0.2) is 39.4 Å². The van der Waals surface area contributed by atoms with Gasteiger partial charge in [0, 0.05) is 11.7 Å². The molecule has 22 heavy (non-hydrogen) atoms. The molecule has 0 bridgehead atoms. The number of amides is 2. The number of nitrogens with zero attached hydrogens (tertiary/aromatic N) is 2. The van der Waals surface area contributed by atoms with E-state index >= 15 is 0 Å². The minimum Gasteiger partial charge on any atom is -0.320 e. The Morgan fingerprint density at radius 1 is 1.32 bits per heavy atom. The molecular formula is C15H18FN3O2S. The Balaban J connectivity index is 1.65. The molecule has 2 fully saturated rings. The Hall–Kier alpha value is -1.63. The first-order valence-corrected chi connectivity index (χ1v) is 8.61. The monoisotopic (exact) mass is 323 g/mol. The van der Waals surface area contributed by atoms with Crippen LogP contribution in [0.5, 0.6) is 0 Å². The van der Waals surface area contributed by atoms with E-state index in [-0.39, 0.29) is 17.7 Å². The van der Waals surface area contributed by atoms with Crippen LogP contribution in [0.3, 0.4) is 0 Å². The third kappa shape index (κ3) is 3.24. The number of nitrogens with one attached hydrogen (secondary N) is 1. The third-order valence-corrected chi connectivity index (χ3v) is 5.16. The average Bonchev–Trinajstić information content (AvgIpc) is 3.20. The smallest absolute Gasteiger partial charge is 0.249 e. The fourth-order valence-electron chi connectivity index (χ4n) is 2.94. The number of hydrogen-bond donors (Lipinski definition) is 1. The van der Waals surface area contributed by atoms with Crippen LogP contribution in [0.1, 0.15) is 25.7 Å². The highest BCUT2D eigenvalue weighted by Crippen LogP contribution is 2.31. The van der Waals surface area contributed by atoms with Gasteiger partial charge in [-0.2, -0.15) is 0 Å². The van der Waals surface area contributed by atoms with Crippen LogP contribution in [0.2, 0.25) is 0 Å². The van der Waals surface area contributed by atoms with Gasteiger partial charge in [-0.1, -0.05) is 12.8 Å². The average molecular weight is 323 g/mol. The van der Waals surface area contributed by atoms with Gasteiger partial charge < -0.3 is 10.2 Å². The summed E-state index contributed by atoms with van der Waals surface area (Å²) >= 11 is 1.58. The number of rotatable bonds is 3. The van der Waals surface area contributed by atoms with Gasteiger partial charge in [0.1, 0.15) is 17.7 Å². The van der Waals surface area contributed by atoms with Crippen molar-refractivity contribution >= 4 is 29.4 Å². The summed E-state index contributed by atoms with van der Waals surface area (Å²) in [5.74, 6) is 0.905. The Morgan fingerprint density at radius 3 is 2.77 bits per heavy atom. The second-order valence-electron chi connectivity index (χ2n) is 5.66. The molecule has 1 aromatic heterocycles. The minimum absolute atomic E-state index is 0.0675. The van der Waals surface area contributed by atoms with Gasteiger partial charge in [0.15, 0.2) is 0 Å². The van der Waals surface area contributed by atoms with Gasteiger partial charge in [0.05, 0.1) is 12.1 Å². The highest BCUT2D eigenvalue weighted by molar-refractivity contribution is 7.99. The summed E-state index contributed by atoms with van der Waals surface area (Å²) in [4.78, 5) is 30.4. The molecule has 0 aromatic carbocycles. The van der Waals surface area contributed by atoms with Crippen LogP contribution in [-0.2, 0) is 9.59 Å². The Labute approximate surface area is 132 Å². The van der Waals surface area contributed by atoms with Gasteiger partial charge in [-0.05, 0) is 25.0 Å². The highest BCUT2D eigenvalue weighted by atomic mass is 32.2. The van der Waals surface area contributed by atoms with Gasteiger partial charge in [0.25, 0.3) is 0 Å². The van der Waals surface area contributed by atoms with Crippen molar-refractivity contribution in [2.75, 3.05) is 16.9 Å². The molecule has 1 saturated carbocycles. The molecule has 1 N–H and O–H groups in total. The summed E-state index contributed by atoms with van der Waals surface area (Å²) in [5.41, 5.74) is 0. The van der Waals surface area contributed by atoms with E-state index in [1.807, 2.05) is 0 Å². The number of hydrogen-bond acceptors (Lipinski definition) is 4. The summed E-state index contributed by atoms with van der Waals surface area (Å²) in [5, 5.41) is 2.66. The van der Waals surface area contributed by atoms with E-state index in [9.17, 15) is 14.0 Å². The van der Waals surface area contributed by atoms with E-state index in [1.165, 1.54) is 12.1 Å². The van der Waals surface area contributed by atoms with E-state index < -0.39 is 11.9 Å². The van der Waals surface area contributed by atoms with Crippen molar-refractivity contribution in [2.24, 2.45) is 5.92 Å². The fourth-order valence-corrected chi connectivity index (χ4v) is 4.11. The fraction of sp³-hybridized carbons (Fsp3) is 0.533. The Morgan fingerprint density at radius 2 is 2.09 bits per heavy atom. The second-order valence-corrected chi connectivity index (χ2v) is 6.66. The van der Waals surface area contributed by atoms with Crippen molar-refractivity contribution in [3.05, 3.63) is 24.1 Å². The number of carbonyl (C=O) groups excluding carboxylic acids is 2. The maximum absolute atomic E-state index is 12.8. The molecule has 1 aromatic rings. The zero-order valence-electron chi connectivity index (χ0n) is 12.1. The van der Waals surface area contributed by atoms with E-state index in [0.29, 0.717) is 17.4 Å². The number of thioether (sulfide) groups is 1. The molecule has 118 valence electrons. The molecule has 7 heteroatoms. The topological polar surface area (TPSA) is 62.3 Å². The van der Waals surface area contributed by atoms with Crippen molar-refractivity contribution in [3.63, 3.8) is 0 Å². The van der Waals surface area contributed by atoms with Crippen LogP contribution in [0.4, 0.5) is 10.2 Å². The van der Waals surface area contributed by atoms with Crippen molar-refractivity contribution in [2.45, 2.75) is 31.7 Å². The molecule has 1 saturated heterocycles. The lowest BCUT2D eigenvalue weighted by Gasteiger charge is -2.25. The predicted molar refractivity (Wildman–Crippen MR) is 82.7 cm³/mol. The van der Waals surface area contributed by atoms with Crippen LogP contribution in [0.25, 0.3) is 0 Å². The molecule has 1 atom stereocenters. The maximum Gasteiger partial charge on any atom is 0.249 e. The molecule has 1 aliphatic carbocycles. The number of aromatic nitrogens is 1. The first-order valence-electron chi connectivity index (χ1n) is 7.46. The molecule has 2 heterocycles. The second kappa shape index (κ2) is 6.64. The molecule has 0 unspecified atom stereocenters. The lowest BCUT2D eigenvalue weighted by atomic mass is 10.1. The van der Waals surface area contributed by atoms with Gasteiger partial charge in [-0.3, -0.25) is 9.59 Å².